The topological polar surface area (TPSA) is 22.9 Å². The van der Waals surface area contributed by atoms with Crippen LogP contribution in [0, 0.1) is 13.8 Å². The van der Waals surface area contributed by atoms with Crippen molar-refractivity contribution in [1.29, 1.82) is 0 Å². The lowest BCUT2D eigenvalue weighted by atomic mass is 9.35. The molecule has 0 unspecified atom stereocenters. The van der Waals surface area contributed by atoms with Gasteiger partial charge in [-0.1, -0.05) is 163 Å². The van der Waals surface area contributed by atoms with Crippen molar-refractivity contribution in [2.45, 2.75) is 144 Å². The van der Waals surface area contributed by atoms with E-state index in [1.807, 2.05) is 0 Å². The van der Waals surface area contributed by atoms with Crippen LogP contribution in [0.5, 0.6) is 0 Å². The smallest absolute Gasteiger partial charge is 0.297 e. The molecule has 5 heteroatoms. The van der Waals surface area contributed by atoms with E-state index in [9.17, 15) is 0 Å². The Morgan fingerprint density at radius 3 is 1.56 bits per heavy atom. The van der Waals surface area contributed by atoms with Gasteiger partial charge in [-0.05, 0) is 170 Å². The SMILES string of the molecule is Cc1ccccc1N(c1cc2c3c(c1)N(c1ccc(C(C)(C)C)cc1)c1c(oc4ccccc14)B3c1cc3c(cc1N2c1cc(C(C)(C)C)cc(C(C)(C)C)c1)C(C)(C)CCC3(C)C)c1ccccc1C. The highest BCUT2D eigenvalue weighted by Gasteiger charge is 2.49. The van der Waals surface area contributed by atoms with Gasteiger partial charge in [0.1, 0.15) is 5.58 Å². The summed E-state index contributed by atoms with van der Waals surface area (Å²) < 4.78 is 7.41. The van der Waals surface area contributed by atoms with Crippen LogP contribution >= 0.6 is 0 Å². The summed E-state index contributed by atoms with van der Waals surface area (Å²) in [7, 11) is 0. The van der Waals surface area contributed by atoms with Gasteiger partial charge >= 0.3 is 0 Å². The Morgan fingerprint density at radius 1 is 0.507 bits per heavy atom. The summed E-state index contributed by atoms with van der Waals surface area (Å²) in [6.45, 7) is 35.2. The molecule has 3 aliphatic rings. The van der Waals surface area contributed by atoms with E-state index in [0.29, 0.717) is 0 Å². The second-order valence-corrected chi connectivity index (χ2v) is 25.5. The zero-order valence-corrected chi connectivity index (χ0v) is 45.0. The van der Waals surface area contributed by atoms with E-state index in [4.69, 9.17) is 4.42 Å². The molecule has 8 aromatic rings. The van der Waals surface area contributed by atoms with Crippen LogP contribution in [-0.2, 0) is 27.1 Å². The number of hydrogen-bond donors (Lipinski definition) is 0. The van der Waals surface area contributed by atoms with E-state index in [1.54, 1.807) is 0 Å². The molecule has 11 rings (SSSR count). The van der Waals surface area contributed by atoms with Crippen molar-refractivity contribution in [3.8, 4) is 0 Å². The summed E-state index contributed by atoms with van der Waals surface area (Å²) in [6.07, 6.45) is 2.27. The summed E-state index contributed by atoms with van der Waals surface area (Å²) in [5, 5.41) is 1.12. The molecule has 2 aliphatic heterocycles. The maximum atomic E-state index is 7.41. The number of hydrogen-bond acceptors (Lipinski definition) is 4. The van der Waals surface area contributed by atoms with Crippen LogP contribution in [-0.4, -0.2) is 6.71 Å². The number of fused-ring (bicyclic) bond motifs is 7. The van der Waals surface area contributed by atoms with Crippen molar-refractivity contribution in [3.05, 3.63) is 178 Å². The van der Waals surface area contributed by atoms with Crippen molar-refractivity contribution < 1.29 is 4.42 Å². The molecule has 0 saturated carbocycles. The third kappa shape index (κ3) is 7.64. The molecule has 0 atom stereocenters. The predicted molar refractivity (Wildman–Crippen MR) is 306 cm³/mol. The molecule has 4 nitrogen and oxygen atoms in total. The maximum Gasteiger partial charge on any atom is 0.297 e. The second-order valence-electron chi connectivity index (χ2n) is 25.5. The van der Waals surface area contributed by atoms with Crippen LogP contribution in [0.25, 0.3) is 11.0 Å². The van der Waals surface area contributed by atoms with E-state index in [2.05, 4.69) is 258 Å². The van der Waals surface area contributed by atoms with Crippen molar-refractivity contribution >= 4 is 85.5 Å². The molecule has 71 heavy (non-hydrogen) atoms. The van der Waals surface area contributed by atoms with E-state index in [1.165, 1.54) is 66.9 Å². The molecule has 0 saturated heterocycles. The lowest BCUT2D eigenvalue weighted by Crippen LogP contribution is -2.61. The molecular weight excluding hydrogens is 862 g/mol. The zero-order chi connectivity index (χ0) is 50.3. The minimum atomic E-state index is -0.183. The first-order chi connectivity index (χ1) is 33.4. The van der Waals surface area contributed by atoms with Crippen molar-refractivity contribution in [2.75, 3.05) is 14.7 Å². The average Bonchev–Trinajstić information content (AvgIpc) is 3.69. The quantitative estimate of drug-likeness (QED) is 0.160. The first kappa shape index (κ1) is 46.9. The fourth-order valence-corrected chi connectivity index (χ4v) is 11.9. The molecule has 3 heterocycles. The predicted octanol–water partition coefficient (Wildman–Crippen LogP) is 16.8. The molecule has 0 fully saturated rings. The van der Waals surface area contributed by atoms with Crippen LogP contribution in [0.2, 0.25) is 0 Å². The fraction of sp³-hybridized carbons (Fsp3) is 0.333. The summed E-state index contributed by atoms with van der Waals surface area (Å²) in [5.74, 6) is 0. The zero-order valence-electron chi connectivity index (χ0n) is 45.0. The van der Waals surface area contributed by atoms with Gasteiger partial charge in [0.25, 0.3) is 6.71 Å². The van der Waals surface area contributed by atoms with E-state index in [0.717, 1.165) is 63.6 Å². The van der Waals surface area contributed by atoms with Crippen molar-refractivity contribution in [2.24, 2.45) is 0 Å². The Morgan fingerprint density at radius 2 is 1.01 bits per heavy atom. The Labute approximate surface area is 424 Å². The minimum Gasteiger partial charge on any atom is -0.468 e. The molecule has 360 valence electrons. The molecule has 0 bridgehead atoms. The lowest BCUT2D eigenvalue weighted by molar-refractivity contribution is 0.332. The Kier molecular flexibility index (Phi) is 10.6. The van der Waals surface area contributed by atoms with Gasteiger partial charge in [-0.2, -0.15) is 0 Å². The third-order valence-corrected chi connectivity index (χ3v) is 16.4. The molecule has 7 aromatic carbocycles. The highest BCUT2D eigenvalue weighted by Crippen LogP contribution is 2.54. The minimum absolute atomic E-state index is 0.00111. The Balaban J connectivity index is 1.34. The fourth-order valence-electron chi connectivity index (χ4n) is 11.9. The normalized spacial score (nSPS) is 15.8. The van der Waals surface area contributed by atoms with Gasteiger partial charge in [0, 0.05) is 45.2 Å². The van der Waals surface area contributed by atoms with Gasteiger partial charge in [0.15, 0.2) is 0 Å². The van der Waals surface area contributed by atoms with Gasteiger partial charge < -0.3 is 19.1 Å². The Hall–Kier alpha value is -6.46. The molecule has 0 spiro atoms. The number of anilines is 9. The molecule has 1 aliphatic carbocycles. The van der Waals surface area contributed by atoms with Crippen LogP contribution in [0.3, 0.4) is 0 Å². The highest BCUT2D eigenvalue weighted by atomic mass is 16.3. The summed E-state index contributed by atoms with van der Waals surface area (Å²) in [5.41, 5.74) is 23.9. The molecule has 0 radical (unpaired) electrons. The van der Waals surface area contributed by atoms with Crippen LogP contribution in [0.4, 0.5) is 51.2 Å². The number of para-hydroxylation sites is 3. The number of furan rings is 1. The van der Waals surface area contributed by atoms with Crippen LogP contribution in [0.1, 0.15) is 142 Å². The van der Waals surface area contributed by atoms with E-state index >= 15 is 0 Å². The van der Waals surface area contributed by atoms with Gasteiger partial charge in [0.2, 0.25) is 0 Å². The lowest BCUT2D eigenvalue weighted by Gasteiger charge is -2.47. The van der Waals surface area contributed by atoms with Gasteiger partial charge in [-0.15, -0.1) is 0 Å². The standard InChI is InChI=1S/C66H72BN3O/c1-41-22-16-19-25-53(41)68(54-26-20-17-23-42(54)2)48-37-56-59-57(38-48)70(46-30-28-43(29-31-46)62(3,4)5)60-49-24-18-21-27-58(49)71-61(60)67(59)52-39-50-51(66(14,15)33-32-65(50,12)13)40-55(52)69(56)47-35-44(63(6,7)8)34-45(36-47)64(9,10)11/h16-31,34-40H,32-33H2,1-15H3. The maximum absolute atomic E-state index is 7.41. The van der Waals surface area contributed by atoms with Gasteiger partial charge in [0.05, 0.1) is 17.0 Å². The van der Waals surface area contributed by atoms with Crippen LogP contribution in [0.15, 0.2) is 144 Å². The number of rotatable bonds is 5. The average molecular weight is 934 g/mol. The number of aryl methyl sites for hydroxylation is 2. The van der Waals surface area contributed by atoms with E-state index < -0.39 is 0 Å². The number of benzene rings is 7. The second kappa shape index (κ2) is 16.0. The third-order valence-electron chi connectivity index (χ3n) is 16.4. The monoisotopic (exact) mass is 934 g/mol. The van der Waals surface area contributed by atoms with Gasteiger partial charge in [-0.25, -0.2) is 0 Å². The van der Waals surface area contributed by atoms with Crippen LogP contribution < -0.4 is 31.3 Å². The molecule has 0 amide bonds. The number of nitrogens with zero attached hydrogens (tertiary/aromatic N) is 3. The van der Waals surface area contributed by atoms with Crippen molar-refractivity contribution in [1.82, 2.24) is 0 Å². The van der Waals surface area contributed by atoms with E-state index in [-0.39, 0.29) is 33.8 Å². The molecule has 1 aromatic heterocycles. The molecule has 0 N–H and O–H groups in total. The van der Waals surface area contributed by atoms with Gasteiger partial charge in [-0.3, -0.25) is 0 Å². The summed E-state index contributed by atoms with van der Waals surface area (Å²) in [4.78, 5) is 7.72. The first-order valence-corrected chi connectivity index (χ1v) is 26.1. The highest BCUT2D eigenvalue weighted by molar-refractivity contribution is 7.00. The summed E-state index contributed by atoms with van der Waals surface area (Å²) >= 11 is 0. The first-order valence-electron chi connectivity index (χ1n) is 26.1. The molecular formula is C66H72BN3O. The Bertz CT molecular complexity index is 3340. The van der Waals surface area contributed by atoms with Crippen molar-refractivity contribution in [3.63, 3.8) is 0 Å². The summed E-state index contributed by atoms with van der Waals surface area (Å²) in [6, 6.07) is 53.4. The largest absolute Gasteiger partial charge is 0.468 e.